The molecular weight excluding hydrogens is 405 g/mol. The molecule has 0 unspecified atom stereocenters. The van der Waals surface area contributed by atoms with Crippen molar-refractivity contribution < 1.29 is 14.0 Å². The Kier molecular flexibility index (Phi) is 6.80. The van der Waals surface area contributed by atoms with Gasteiger partial charge < -0.3 is 15.5 Å². The van der Waals surface area contributed by atoms with E-state index in [1.54, 1.807) is 36.4 Å². The molecule has 0 saturated carbocycles. The third kappa shape index (κ3) is 5.14. The fraction of sp³-hybridized carbons (Fsp3) is 0.231. The Bertz CT molecular complexity index is 1080. The number of benzene rings is 3. The van der Waals surface area contributed by atoms with Crippen molar-refractivity contribution in [2.75, 3.05) is 23.3 Å². The predicted octanol–water partition coefficient (Wildman–Crippen LogP) is 4.61. The number of nitrogens with one attached hydrogen (secondary N) is 2. The first-order valence-corrected chi connectivity index (χ1v) is 10.8. The Morgan fingerprint density at radius 3 is 2.28 bits per heavy atom. The third-order valence-corrected chi connectivity index (χ3v) is 5.78. The highest BCUT2D eigenvalue weighted by Crippen LogP contribution is 2.26. The minimum atomic E-state index is -0.245. The fourth-order valence-corrected chi connectivity index (χ4v) is 3.99. The van der Waals surface area contributed by atoms with Gasteiger partial charge in [0.2, 0.25) is 5.91 Å². The molecule has 0 spiro atoms. The van der Waals surface area contributed by atoms with Crippen LogP contribution < -0.4 is 15.5 Å². The van der Waals surface area contributed by atoms with Gasteiger partial charge in [-0.25, -0.2) is 4.39 Å². The Hall–Kier alpha value is -3.67. The molecule has 32 heavy (non-hydrogen) atoms. The summed E-state index contributed by atoms with van der Waals surface area (Å²) in [4.78, 5) is 27.6. The van der Waals surface area contributed by atoms with Crippen LogP contribution in [0.15, 0.2) is 78.9 Å². The van der Waals surface area contributed by atoms with Gasteiger partial charge in [0.25, 0.3) is 5.91 Å². The number of anilines is 2. The van der Waals surface area contributed by atoms with Gasteiger partial charge in [0.15, 0.2) is 0 Å². The number of hydrogen-bond donors (Lipinski definition) is 2. The molecule has 2 N–H and O–H groups in total. The van der Waals surface area contributed by atoms with E-state index in [1.807, 2.05) is 41.3 Å². The van der Waals surface area contributed by atoms with Crippen molar-refractivity contribution in [1.82, 2.24) is 5.32 Å². The molecule has 2 amide bonds. The molecule has 1 aliphatic heterocycles. The maximum Gasteiger partial charge on any atom is 0.253 e. The lowest BCUT2D eigenvalue weighted by molar-refractivity contribution is -0.120. The van der Waals surface area contributed by atoms with Crippen molar-refractivity contribution in [3.8, 4) is 0 Å². The number of carbonyl (C=O) groups is 2. The Morgan fingerprint density at radius 1 is 0.875 bits per heavy atom. The Labute approximate surface area is 187 Å². The van der Waals surface area contributed by atoms with Crippen molar-refractivity contribution in [2.45, 2.75) is 19.4 Å². The highest BCUT2D eigenvalue weighted by atomic mass is 19.1. The molecule has 6 heteroatoms. The fourth-order valence-electron chi connectivity index (χ4n) is 3.99. The Balaban J connectivity index is 1.36. The summed E-state index contributed by atoms with van der Waals surface area (Å²) >= 11 is 0. The first kappa shape index (κ1) is 21.6. The van der Waals surface area contributed by atoms with E-state index in [-0.39, 0.29) is 23.5 Å². The average Bonchev–Trinajstić information content (AvgIpc) is 2.84. The van der Waals surface area contributed by atoms with Gasteiger partial charge in [-0.1, -0.05) is 54.6 Å². The van der Waals surface area contributed by atoms with Crippen LogP contribution in [-0.4, -0.2) is 24.9 Å². The molecule has 1 heterocycles. The Morgan fingerprint density at radius 2 is 1.53 bits per heavy atom. The van der Waals surface area contributed by atoms with E-state index in [0.29, 0.717) is 49.4 Å². The highest BCUT2D eigenvalue weighted by molar-refractivity contribution is 6.04. The normalized spacial score (nSPS) is 14.1. The van der Waals surface area contributed by atoms with Gasteiger partial charge >= 0.3 is 0 Å². The quantitative estimate of drug-likeness (QED) is 0.599. The molecular formula is C26H26FN3O2. The van der Waals surface area contributed by atoms with Crippen molar-refractivity contribution in [3.63, 3.8) is 0 Å². The van der Waals surface area contributed by atoms with Crippen LogP contribution in [0, 0.1) is 11.7 Å². The first-order chi connectivity index (χ1) is 15.6. The largest absolute Gasteiger partial charge is 0.369 e. The standard InChI is InChI=1S/C26H26FN3O2/c27-22-11-5-7-13-24(22)30-16-14-20(15-17-30)25(31)29-23-12-6-4-10-21(23)26(32)28-18-19-8-2-1-3-9-19/h1-13,20H,14-18H2,(H,28,32)(H,29,31). The summed E-state index contributed by atoms with van der Waals surface area (Å²) in [5, 5.41) is 5.84. The third-order valence-electron chi connectivity index (χ3n) is 5.78. The molecule has 1 saturated heterocycles. The summed E-state index contributed by atoms with van der Waals surface area (Å²) in [7, 11) is 0. The van der Waals surface area contributed by atoms with Gasteiger partial charge in [-0.15, -0.1) is 0 Å². The molecule has 0 aliphatic carbocycles. The number of para-hydroxylation sites is 2. The number of hydrogen-bond acceptors (Lipinski definition) is 3. The van der Waals surface area contributed by atoms with Crippen LogP contribution in [-0.2, 0) is 11.3 Å². The van der Waals surface area contributed by atoms with Crippen LogP contribution in [0.3, 0.4) is 0 Å². The number of amides is 2. The molecule has 1 fully saturated rings. The van der Waals surface area contributed by atoms with Gasteiger partial charge in [0.1, 0.15) is 5.82 Å². The van der Waals surface area contributed by atoms with E-state index in [4.69, 9.17) is 0 Å². The smallest absolute Gasteiger partial charge is 0.253 e. The maximum absolute atomic E-state index is 14.0. The van der Waals surface area contributed by atoms with Gasteiger partial charge in [0.05, 0.1) is 16.9 Å². The summed E-state index contributed by atoms with van der Waals surface area (Å²) < 4.78 is 14.0. The van der Waals surface area contributed by atoms with Crippen LogP contribution in [0.4, 0.5) is 15.8 Å². The minimum absolute atomic E-state index is 0.110. The number of nitrogens with zero attached hydrogens (tertiary/aromatic N) is 1. The molecule has 3 aromatic rings. The van der Waals surface area contributed by atoms with Gasteiger partial charge in [-0.2, -0.15) is 0 Å². The summed E-state index contributed by atoms with van der Waals surface area (Å²) in [5.74, 6) is -0.773. The number of rotatable bonds is 6. The SMILES string of the molecule is O=C(NCc1ccccc1)c1ccccc1NC(=O)C1CCN(c2ccccc2F)CC1. The van der Waals surface area contributed by atoms with Crippen molar-refractivity contribution in [3.05, 3.63) is 95.8 Å². The molecule has 0 radical (unpaired) electrons. The van der Waals surface area contributed by atoms with E-state index >= 15 is 0 Å². The molecule has 0 aromatic heterocycles. The first-order valence-electron chi connectivity index (χ1n) is 10.8. The van der Waals surface area contributed by atoms with E-state index in [9.17, 15) is 14.0 Å². The lowest BCUT2D eigenvalue weighted by Crippen LogP contribution is -2.38. The number of piperidine rings is 1. The predicted molar refractivity (Wildman–Crippen MR) is 124 cm³/mol. The van der Waals surface area contributed by atoms with Crippen LogP contribution in [0.25, 0.3) is 0 Å². The van der Waals surface area contributed by atoms with Crippen molar-refractivity contribution in [1.29, 1.82) is 0 Å². The number of halogens is 1. The van der Waals surface area contributed by atoms with E-state index in [0.717, 1.165) is 5.56 Å². The lowest BCUT2D eigenvalue weighted by atomic mass is 9.95. The highest BCUT2D eigenvalue weighted by Gasteiger charge is 2.27. The van der Waals surface area contributed by atoms with Gasteiger partial charge in [-0.05, 0) is 42.7 Å². The van der Waals surface area contributed by atoms with Crippen LogP contribution in [0.5, 0.6) is 0 Å². The second-order valence-corrected chi connectivity index (χ2v) is 7.92. The van der Waals surface area contributed by atoms with Crippen LogP contribution in [0.2, 0.25) is 0 Å². The van der Waals surface area contributed by atoms with Crippen LogP contribution >= 0.6 is 0 Å². The zero-order valence-corrected chi connectivity index (χ0v) is 17.8. The second-order valence-electron chi connectivity index (χ2n) is 7.92. The summed E-state index contributed by atoms with van der Waals surface area (Å²) in [6.45, 7) is 1.63. The molecule has 1 aliphatic rings. The summed E-state index contributed by atoms with van der Waals surface area (Å²) in [6.07, 6.45) is 1.26. The van der Waals surface area contributed by atoms with Crippen molar-refractivity contribution in [2.24, 2.45) is 5.92 Å². The summed E-state index contributed by atoms with van der Waals surface area (Å²) in [6, 6.07) is 23.4. The van der Waals surface area contributed by atoms with Crippen LogP contribution in [0.1, 0.15) is 28.8 Å². The molecule has 5 nitrogen and oxygen atoms in total. The van der Waals surface area contributed by atoms with Gasteiger partial charge in [0, 0.05) is 25.6 Å². The number of carbonyl (C=O) groups excluding carboxylic acids is 2. The molecule has 0 atom stereocenters. The minimum Gasteiger partial charge on any atom is -0.369 e. The topological polar surface area (TPSA) is 61.4 Å². The zero-order chi connectivity index (χ0) is 22.3. The van der Waals surface area contributed by atoms with E-state index < -0.39 is 0 Å². The van der Waals surface area contributed by atoms with E-state index in [2.05, 4.69) is 10.6 Å². The summed E-state index contributed by atoms with van der Waals surface area (Å²) in [5.41, 5.74) is 2.51. The monoisotopic (exact) mass is 431 g/mol. The zero-order valence-electron chi connectivity index (χ0n) is 17.8. The molecule has 3 aromatic carbocycles. The second kappa shape index (κ2) is 10.1. The molecule has 4 rings (SSSR count). The van der Waals surface area contributed by atoms with Gasteiger partial charge in [-0.3, -0.25) is 9.59 Å². The molecule has 0 bridgehead atoms. The maximum atomic E-state index is 14.0. The lowest BCUT2D eigenvalue weighted by Gasteiger charge is -2.33. The van der Waals surface area contributed by atoms with E-state index in [1.165, 1.54) is 6.07 Å². The molecule has 164 valence electrons. The average molecular weight is 432 g/mol. The van der Waals surface area contributed by atoms with Crippen molar-refractivity contribution >= 4 is 23.2 Å².